The average Bonchev–Trinajstić information content (AvgIpc) is 2.01. The number of benzene rings is 1. The van der Waals surface area contributed by atoms with E-state index in [1.165, 1.54) is 0 Å². The molecule has 0 unspecified atom stereocenters. The van der Waals surface area contributed by atoms with E-state index in [2.05, 4.69) is 5.92 Å². The summed E-state index contributed by atoms with van der Waals surface area (Å²) < 4.78 is 0. The molecule has 0 radical (unpaired) electrons. The molecule has 0 aromatic heterocycles. The first-order chi connectivity index (χ1) is 6.01. The van der Waals surface area contributed by atoms with Crippen LogP contribution < -0.4 is 0 Å². The van der Waals surface area contributed by atoms with Crippen LogP contribution in [0.25, 0.3) is 0 Å². The van der Waals surface area contributed by atoms with Crippen LogP contribution in [0.2, 0.25) is 0 Å². The highest BCUT2D eigenvalue weighted by Gasteiger charge is 2.12. The van der Waals surface area contributed by atoms with Crippen LogP contribution in [0.4, 0.5) is 0 Å². The van der Waals surface area contributed by atoms with E-state index in [1.54, 1.807) is 13.8 Å². The van der Waals surface area contributed by atoms with E-state index in [1.807, 2.05) is 24.3 Å². The second kappa shape index (κ2) is 3.64. The Balaban J connectivity index is 2.86. The van der Waals surface area contributed by atoms with Gasteiger partial charge in [-0.05, 0) is 31.5 Å². The number of hydrogen-bond acceptors (Lipinski definition) is 1. The molecule has 1 aromatic rings. The highest BCUT2D eigenvalue weighted by atomic mass is 16.3. The van der Waals surface area contributed by atoms with E-state index >= 15 is 0 Å². The fourth-order valence-electron chi connectivity index (χ4n) is 1.27. The summed E-state index contributed by atoms with van der Waals surface area (Å²) in [6, 6.07) is 7.70. The Bertz CT molecular complexity index is 326. The van der Waals surface area contributed by atoms with Gasteiger partial charge in [0, 0.05) is 12.0 Å². The maximum Gasteiger partial charge on any atom is 0.0631 e. The lowest BCUT2D eigenvalue weighted by Crippen LogP contribution is -2.21. The summed E-state index contributed by atoms with van der Waals surface area (Å²) >= 11 is 0. The maximum absolute atomic E-state index is 9.58. The predicted octanol–water partition coefficient (Wildman–Crippen LogP) is 1.98. The molecule has 1 heteroatoms. The summed E-state index contributed by atoms with van der Waals surface area (Å²) in [6.07, 6.45) is 5.90. The lowest BCUT2D eigenvalue weighted by atomic mass is 9.97. The van der Waals surface area contributed by atoms with Crippen molar-refractivity contribution in [3.05, 3.63) is 35.4 Å². The first-order valence-electron chi connectivity index (χ1n) is 4.29. The van der Waals surface area contributed by atoms with E-state index in [9.17, 15) is 5.11 Å². The summed E-state index contributed by atoms with van der Waals surface area (Å²) in [7, 11) is 0. The second-order valence-electron chi connectivity index (χ2n) is 3.83. The molecule has 0 saturated heterocycles. The molecule has 0 aliphatic heterocycles. The second-order valence-corrected chi connectivity index (χ2v) is 3.83. The molecule has 1 N–H and O–H groups in total. The van der Waals surface area contributed by atoms with Crippen molar-refractivity contribution in [1.29, 1.82) is 0 Å². The van der Waals surface area contributed by atoms with Crippen LogP contribution in [0, 0.1) is 12.3 Å². The molecule has 0 saturated carbocycles. The molecule has 0 aliphatic rings. The van der Waals surface area contributed by atoms with Crippen LogP contribution in [0.5, 0.6) is 0 Å². The van der Waals surface area contributed by atoms with Crippen molar-refractivity contribution in [2.45, 2.75) is 25.9 Å². The molecule has 68 valence electrons. The molecule has 1 rings (SSSR count). The lowest BCUT2D eigenvalue weighted by molar-refractivity contribution is 0.0810. The molecule has 0 bridgehead atoms. The molecule has 13 heavy (non-hydrogen) atoms. The van der Waals surface area contributed by atoms with E-state index in [4.69, 9.17) is 6.42 Å². The van der Waals surface area contributed by atoms with E-state index < -0.39 is 5.60 Å². The van der Waals surface area contributed by atoms with Gasteiger partial charge in [0.05, 0.1) is 5.60 Å². The molecule has 0 heterocycles. The van der Waals surface area contributed by atoms with Gasteiger partial charge in [0.25, 0.3) is 0 Å². The third-order valence-corrected chi connectivity index (χ3v) is 1.73. The smallest absolute Gasteiger partial charge is 0.0631 e. The van der Waals surface area contributed by atoms with Gasteiger partial charge >= 0.3 is 0 Å². The number of aliphatic hydroxyl groups is 1. The van der Waals surface area contributed by atoms with Crippen molar-refractivity contribution in [3.8, 4) is 12.3 Å². The molecular weight excluding hydrogens is 160 g/mol. The van der Waals surface area contributed by atoms with Gasteiger partial charge in [-0.1, -0.05) is 18.1 Å². The lowest BCUT2D eigenvalue weighted by Gasteiger charge is -2.16. The maximum atomic E-state index is 9.58. The minimum Gasteiger partial charge on any atom is -0.390 e. The quantitative estimate of drug-likeness (QED) is 0.680. The van der Waals surface area contributed by atoms with Gasteiger partial charge < -0.3 is 5.11 Å². The molecular formula is C12H14O. The van der Waals surface area contributed by atoms with Crippen LogP contribution >= 0.6 is 0 Å². The summed E-state index contributed by atoms with van der Waals surface area (Å²) in [5.74, 6) is 2.57. The van der Waals surface area contributed by atoms with E-state index in [0.717, 1.165) is 11.1 Å². The van der Waals surface area contributed by atoms with Crippen molar-refractivity contribution in [1.82, 2.24) is 0 Å². The van der Waals surface area contributed by atoms with Gasteiger partial charge in [0.1, 0.15) is 0 Å². The zero-order valence-corrected chi connectivity index (χ0v) is 8.04. The van der Waals surface area contributed by atoms with Gasteiger partial charge in [-0.15, -0.1) is 6.42 Å². The summed E-state index contributed by atoms with van der Waals surface area (Å²) in [5, 5.41) is 9.58. The zero-order valence-electron chi connectivity index (χ0n) is 8.04. The van der Waals surface area contributed by atoms with Crippen molar-refractivity contribution in [2.24, 2.45) is 0 Å². The predicted molar refractivity (Wildman–Crippen MR) is 54.4 cm³/mol. The highest BCUT2D eigenvalue weighted by molar-refractivity contribution is 5.35. The average molecular weight is 174 g/mol. The normalized spacial score (nSPS) is 10.9. The SMILES string of the molecule is C#Cc1cccc(CC(C)(C)O)c1. The zero-order chi connectivity index (χ0) is 9.90. The van der Waals surface area contributed by atoms with Crippen LogP contribution in [0.15, 0.2) is 24.3 Å². The Morgan fingerprint density at radius 3 is 2.69 bits per heavy atom. The fraction of sp³-hybridized carbons (Fsp3) is 0.333. The number of terminal acetylenes is 1. The van der Waals surface area contributed by atoms with Crippen LogP contribution in [-0.2, 0) is 6.42 Å². The molecule has 1 nitrogen and oxygen atoms in total. The van der Waals surface area contributed by atoms with Gasteiger partial charge in [-0.2, -0.15) is 0 Å². The van der Waals surface area contributed by atoms with Gasteiger partial charge in [0.2, 0.25) is 0 Å². The molecule has 0 fully saturated rings. The van der Waals surface area contributed by atoms with Gasteiger partial charge in [0.15, 0.2) is 0 Å². The molecule has 0 atom stereocenters. The largest absolute Gasteiger partial charge is 0.390 e. The third kappa shape index (κ3) is 3.31. The third-order valence-electron chi connectivity index (χ3n) is 1.73. The summed E-state index contributed by atoms with van der Waals surface area (Å²) in [6.45, 7) is 3.57. The standard InChI is InChI=1S/C12H14O/c1-4-10-6-5-7-11(8-10)9-12(2,3)13/h1,5-8,13H,9H2,2-3H3. The van der Waals surface area contributed by atoms with Crippen LogP contribution in [-0.4, -0.2) is 10.7 Å². The Kier molecular flexibility index (Phi) is 2.75. The summed E-state index contributed by atoms with van der Waals surface area (Å²) in [5.41, 5.74) is 1.26. The van der Waals surface area contributed by atoms with Crippen LogP contribution in [0.1, 0.15) is 25.0 Å². The van der Waals surface area contributed by atoms with E-state index in [-0.39, 0.29) is 0 Å². The molecule has 0 spiro atoms. The van der Waals surface area contributed by atoms with Crippen LogP contribution in [0.3, 0.4) is 0 Å². The minimum atomic E-state index is -0.673. The van der Waals surface area contributed by atoms with Crippen molar-refractivity contribution in [2.75, 3.05) is 0 Å². The molecule has 0 aliphatic carbocycles. The van der Waals surface area contributed by atoms with Crippen molar-refractivity contribution < 1.29 is 5.11 Å². The fourth-order valence-corrected chi connectivity index (χ4v) is 1.27. The highest BCUT2D eigenvalue weighted by Crippen LogP contribution is 2.13. The van der Waals surface area contributed by atoms with Gasteiger partial charge in [-0.25, -0.2) is 0 Å². The Morgan fingerprint density at radius 1 is 1.46 bits per heavy atom. The Morgan fingerprint density at radius 2 is 2.15 bits per heavy atom. The summed E-state index contributed by atoms with van der Waals surface area (Å²) in [4.78, 5) is 0. The number of hydrogen-bond donors (Lipinski definition) is 1. The molecule has 0 amide bonds. The van der Waals surface area contributed by atoms with Crippen molar-refractivity contribution >= 4 is 0 Å². The van der Waals surface area contributed by atoms with E-state index in [0.29, 0.717) is 6.42 Å². The first kappa shape index (κ1) is 9.83. The Hall–Kier alpha value is -1.26. The number of rotatable bonds is 2. The topological polar surface area (TPSA) is 20.2 Å². The Labute approximate surface area is 79.4 Å². The monoisotopic (exact) mass is 174 g/mol. The molecule has 1 aromatic carbocycles. The van der Waals surface area contributed by atoms with Gasteiger partial charge in [-0.3, -0.25) is 0 Å². The first-order valence-corrected chi connectivity index (χ1v) is 4.29. The van der Waals surface area contributed by atoms with Crippen molar-refractivity contribution in [3.63, 3.8) is 0 Å². The minimum absolute atomic E-state index is 0.628.